The number of hydrogen-bond donors (Lipinski definition) is 1. The monoisotopic (exact) mass is 203 g/mol. The van der Waals surface area contributed by atoms with Crippen LogP contribution in [0.1, 0.15) is 32.1 Å². The van der Waals surface area contributed by atoms with Gasteiger partial charge in [0.2, 0.25) is 0 Å². The van der Waals surface area contributed by atoms with Crippen LogP contribution in [0.4, 0.5) is 0 Å². The quantitative estimate of drug-likeness (QED) is 0.435. The van der Waals surface area contributed by atoms with Gasteiger partial charge in [0.15, 0.2) is 0 Å². The van der Waals surface area contributed by atoms with E-state index in [4.69, 9.17) is 0 Å². The summed E-state index contributed by atoms with van der Waals surface area (Å²) in [5, 5.41) is 3.14. The lowest BCUT2D eigenvalue weighted by atomic mass is 10.2. The highest BCUT2D eigenvalue weighted by atomic mass is 32.2. The summed E-state index contributed by atoms with van der Waals surface area (Å²) in [4.78, 5) is 9.99. The summed E-state index contributed by atoms with van der Waals surface area (Å²) in [6.45, 7) is 1.14. The molecule has 3 heteroatoms. The minimum Gasteiger partial charge on any atom is -0.320 e. The van der Waals surface area contributed by atoms with Crippen LogP contribution in [-0.4, -0.2) is 31.4 Å². The maximum Gasteiger partial charge on any atom is 0.120 e. The number of aldehydes is 1. The molecule has 1 N–H and O–H groups in total. The van der Waals surface area contributed by atoms with E-state index >= 15 is 0 Å². The summed E-state index contributed by atoms with van der Waals surface area (Å²) in [5.74, 6) is 2.22. The van der Waals surface area contributed by atoms with E-state index in [2.05, 4.69) is 5.32 Å². The predicted molar refractivity (Wildman–Crippen MR) is 60.4 cm³/mol. The van der Waals surface area contributed by atoms with Gasteiger partial charge in [0.1, 0.15) is 6.29 Å². The topological polar surface area (TPSA) is 29.1 Å². The molecule has 0 aliphatic carbocycles. The highest BCUT2D eigenvalue weighted by molar-refractivity contribution is 7.99. The van der Waals surface area contributed by atoms with E-state index in [0.29, 0.717) is 6.42 Å². The number of rotatable bonds is 10. The number of hydrogen-bond acceptors (Lipinski definition) is 3. The molecule has 0 heterocycles. The van der Waals surface area contributed by atoms with Crippen molar-refractivity contribution >= 4 is 18.0 Å². The van der Waals surface area contributed by atoms with Gasteiger partial charge in [0.05, 0.1) is 0 Å². The molecule has 0 amide bonds. The third-order valence-corrected chi connectivity index (χ3v) is 2.95. The normalized spacial score (nSPS) is 10.2. The molecule has 0 aliphatic rings. The molecule has 0 saturated carbocycles. The molecule has 0 radical (unpaired) electrons. The Morgan fingerprint density at radius 1 is 1.15 bits per heavy atom. The standard InChI is InChI=1S/C10H21NOS/c1-11-7-4-2-3-5-9-13-10-6-8-12/h8,11H,2-7,9-10H2,1H3. The van der Waals surface area contributed by atoms with Crippen molar-refractivity contribution in [1.29, 1.82) is 0 Å². The molecule has 0 saturated heterocycles. The molecule has 0 unspecified atom stereocenters. The summed E-state index contributed by atoms with van der Waals surface area (Å²) >= 11 is 1.89. The Hall–Kier alpha value is -0.0200. The lowest BCUT2D eigenvalue weighted by molar-refractivity contribution is -0.107. The Morgan fingerprint density at radius 3 is 2.62 bits per heavy atom. The summed E-state index contributed by atoms with van der Waals surface area (Å²) < 4.78 is 0. The zero-order valence-electron chi connectivity index (χ0n) is 8.55. The third kappa shape index (κ3) is 12.0. The smallest absolute Gasteiger partial charge is 0.120 e. The predicted octanol–water partition coefficient (Wildman–Crippen LogP) is 2.09. The van der Waals surface area contributed by atoms with E-state index in [1.165, 1.54) is 31.4 Å². The molecule has 0 bridgehead atoms. The SMILES string of the molecule is CNCCCCCCSCCC=O. The van der Waals surface area contributed by atoms with Crippen molar-refractivity contribution in [3.63, 3.8) is 0 Å². The number of unbranched alkanes of at least 4 members (excludes halogenated alkanes) is 3. The summed E-state index contributed by atoms with van der Waals surface area (Å²) in [6, 6.07) is 0. The van der Waals surface area contributed by atoms with Crippen LogP contribution < -0.4 is 5.32 Å². The van der Waals surface area contributed by atoms with E-state index in [1.54, 1.807) is 0 Å². The van der Waals surface area contributed by atoms with Crippen molar-refractivity contribution in [3.05, 3.63) is 0 Å². The molecule has 0 aliphatic heterocycles. The van der Waals surface area contributed by atoms with Gasteiger partial charge in [0.25, 0.3) is 0 Å². The first kappa shape index (κ1) is 13.0. The Kier molecular flexibility index (Phi) is 12.0. The van der Waals surface area contributed by atoms with Crippen LogP contribution in [0, 0.1) is 0 Å². The minimum absolute atomic E-state index is 0.713. The first-order chi connectivity index (χ1) is 6.41. The molecule has 0 aromatic heterocycles. The van der Waals surface area contributed by atoms with Crippen molar-refractivity contribution in [2.45, 2.75) is 32.1 Å². The van der Waals surface area contributed by atoms with Crippen molar-refractivity contribution in [2.24, 2.45) is 0 Å². The van der Waals surface area contributed by atoms with E-state index in [9.17, 15) is 4.79 Å². The maximum absolute atomic E-state index is 9.99. The highest BCUT2D eigenvalue weighted by Gasteiger charge is 1.90. The molecule has 0 rings (SSSR count). The van der Waals surface area contributed by atoms with Crippen LogP contribution in [-0.2, 0) is 4.79 Å². The van der Waals surface area contributed by atoms with Gasteiger partial charge < -0.3 is 10.1 Å². The van der Waals surface area contributed by atoms with Crippen molar-refractivity contribution in [1.82, 2.24) is 5.32 Å². The third-order valence-electron chi connectivity index (χ3n) is 1.85. The molecule has 0 aromatic carbocycles. The molecule has 78 valence electrons. The molecule has 2 nitrogen and oxygen atoms in total. The molecule has 0 atom stereocenters. The van der Waals surface area contributed by atoms with Gasteiger partial charge in [0, 0.05) is 6.42 Å². The van der Waals surface area contributed by atoms with Gasteiger partial charge in [-0.15, -0.1) is 0 Å². The average molecular weight is 203 g/mol. The number of carbonyl (C=O) groups excluding carboxylic acids is 1. The lowest BCUT2D eigenvalue weighted by Gasteiger charge is -2.00. The second-order valence-corrected chi connectivity index (χ2v) is 4.31. The van der Waals surface area contributed by atoms with Gasteiger partial charge in [-0.1, -0.05) is 12.8 Å². The fourth-order valence-electron chi connectivity index (χ4n) is 1.09. The van der Waals surface area contributed by atoms with Crippen LogP contribution in [0.2, 0.25) is 0 Å². The second kappa shape index (κ2) is 12.0. The number of thioether (sulfide) groups is 1. The van der Waals surface area contributed by atoms with Crippen molar-refractivity contribution in [2.75, 3.05) is 25.1 Å². The van der Waals surface area contributed by atoms with E-state index in [0.717, 1.165) is 18.6 Å². The number of nitrogens with one attached hydrogen (secondary N) is 1. The lowest BCUT2D eigenvalue weighted by Crippen LogP contribution is -2.06. The Labute approximate surface area is 85.9 Å². The van der Waals surface area contributed by atoms with Crippen LogP contribution in [0.25, 0.3) is 0 Å². The first-order valence-corrected chi connectivity index (χ1v) is 6.23. The van der Waals surface area contributed by atoms with Gasteiger partial charge in [-0.3, -0.25) is 0 Å². The first-order valence-electron chi connectivity index (χ1n) is 5.07. The average Bonchev–Trinajstić information content (AvgIpc) is 2.16. The summed E-state index contributed by atoms with van der Waals surface area (Å²) in [7, 11) is 2.00. The largest absolute Gasteiger partial charge is 0.320 e. The fraction of sp³-hybridized carbons (Fsp3) is 0.900. The molecule has 0 fully saturated rings. The van der Waals surface area contributed by atoms with Crippen LogP contribution >= 0.6 is 11.8 Å². The molecular formula is C10H21NOS. The summed E-state index contributed by atoms with van der Waals surface area (Å²) in [6.07, 6.45) is 6.96. The van der Waals surface area contributed by atoms with Crippen LogP contribution in [0.5, 0.6) is 0 Å². The zero-order valence-corrected chi connectivity index (χ0v) is 9.37. The van der Waals surface area contributed by atoms with E-state index in [-0.39, 0.29) is 0 Å². The van der Waals surface area contributed by atoms with Gasteiger partial charge in [-0.05, 0) is 37.9 Å². The number of carbonyl (C=O) groups is 1. The second-order valence-electron chi connectivity index (χ2n) is 3.09. The van der Waals surface area contributed by atoms with Crippen molar-refractivity contribution < 1.29 is 4.79 Å². The highest BCUT2D eigenvalue weighted by Crippen LogP contribution is 2.07. The molecule has 0 spiro atoms. The fourth-order valence-corrected chi connectivity index (χ4v) is 1.97. The van der Waals surface area contributed by atoms with Crippen molar-refractivity contribution in [3.8, 4) is 0 Å². The Morgan fingerprint density at radius 2 is 1.92 bits per heavy atom. The van der Waals surface area contributed by atoms with Crippen LogP contribution in [0.15, 0.2) is 0 Å². The van der Waals surface area contributed by atoms with E-state index in [1.807, 2.05) is 18.8 Å². The molecule has 13 heavy (non-hydrogen) atoms. The van der Waals surface area contributed by atoms with Gasteiger partial charge in [-0.25, -0.2) is 0 Å². The van der Waals surface area contributed by atoms with Crippen LogP contribution in [0.3, 0.4) is 0 Å². The Bertz CT molecular complexity index is 109. The molecule has 0 aromatic rings. The maximum atomic E-state index is 9.99. The van der Waals surface area contributed by atoms with Gasteiger partial charge >= 0.3 is 0 Å². The molecular weight excluding hydrogens is 182 g/mol. The summed E-state index contributed by atoms with van der Waals surface area (Å²) in [5.41, 5.74) is 0. The minimum atomic E-state index is 0.713. The zero-order chi connectivity index (χ0) is 9.78. The van der Waals surface area contributed by atoms with E-state index < -0.39 is 0 Å². The Balaban J connectivity index is 2.79. The van der Waals surface area contributed by atoms with Gasteiger partial charge in [-0.2, -0.15) is 11.8 Å².